The molecule has 2 nitrogen and oxygen atoms in total. The summed E-state index contributed by atoms with van der Waals surface area (Å²) in [7, 11) is 0. The summed E-state index contributed by atoms with van der Waals surface area (Å²) in [5.41, 5.74) is 8.63. The van der Waals surface area contributed by atoms with Crippen molar-refractivity contribution in [2.24, 2.45) is 0 Å². The lowest BCUT2D eigenvalue weighted by Gasteiger charge is -1.99. The summed E-state index contributed by atoms with van der Waals surface area (Å²) >= 11 is 3.39. The van der Waals surface area contributed by atoms with Crippen LogP contribution >= 0.6 is 15.9 Å². The van der Waals surface area contributed by atoms with Crippen molar-refractivity contribution < 1.29 is 0 Å². The van der Waals surface area contributed by atoms with Crippen molar-refractivity contribution in [3.63, 3.8) is 0 Å². The molecule has 0 bridgehead atoms. The third kappa shape index (κ3) is 1.60. The minimum Gasteiger partial charge on any atom is -0.397 e. The van der Waals surface area contributed by atoms with Crippen molar-refractivity contribution in [1.29, 1.82) is 0 Å². The number of anilines is 1. The molecular formula is C10H9BrN2. The fourth-order valence-corrected chi connectivity index (χ4v) is 1.51. The first-order valence-electron chi connectivity index (χ1n) is 3.96. The monoisotopic (exact) mass is 236 g/mol. The molecular weight excluding hydrogens is 228 g/mol. The summed E-state index contributed by atoms with van der Waals surface area (Å²) in [6.45, 7) is 0. The Kier molecular flexibility index (Phi) is 2.10. The average Bonchev–Trinajstić information content (AvgIpc) is 2.53. The molecule has 0 aliphatic rings. The van der Waals surface area contributed by atoms with Crippen LogP contribution in [0.2, 0.25) is 0 Å². The quantitative estimate of drug-likeness (QED) is 0.786. The van der Waals surface area contributed by atoms with Crippen LogP contribution in [0.1, 0.15) is 0 Å². The standard InChI is InChI=1S/C10H9BrN2/c11-8-3-1-7(2-4-8)10-9(12)5-6-13-10/h1-6,13H,12H2. The van der Waals surface area contributed by atoms with E-state index in [9.17, 15) is 0 Å². The lowest BCUT2D eigenvalue weighted by atomic mass is 10.1. The van der Waals surface area contributed by atoms with Crippen LogP contribution in [0.5, 0.6) is 0 Å². The van der Waals surface area contributed by atoms with Gasteiger partial charge < -0.3 is 10.7 Å². The third-order valence-electron chi connectivity index (χ3n) is 1.91. The first-order valence-corrected chi connectivity index (χ1v) is 4.75. The maximum atomic E-state index is 5.77. The Morgan fingerprint density at radius 1 is 1.08 bits per heavy atom. The maximum absolute atomic E-state index is 5.77. The van der Waals surface area contributed by atoms with Gasteiger partial charge in [0.05, 0.1) is 11.4 Å². The molecule has 0 saturated carbocycles. The van der Waals surface area contributed by atoms with Crippen molar-refractivity contribution >= 4 is 21.6 Å². The van der Waals surface area contributed by atoms with E-state index in [1.165, 1.54) is 0 Å². The lowest BCUT2D eigenvalue weighted by molar-refractivity contribution is 1.40. The summed E-state index contributed by atoms with van der Waals surface area (Å²) in [5.74, 6) is 0. The predicted octanol–water partition coefficient (Wildman–Crippen LogP) is 3.03. The highest BCUT2D eigenvalue weighted by atomic mass is 79.9. The summed E-state index contributed by atoms with van der Waals surface area (Å²) in [6, 6.07) is 9.89. The summed E-state index contributed by atoms with van der Waals surface area (Å²) in [4.78, 5) is 3.10. The zero-order chi connectivity index (χ0) is 9.26. The molecule has 1 aromatic heterocycles. The van der Waals surface area contributed by atoms with Gasteiger partial charge in [-0.1, -0.05) is 28.1 Å². The second kappa shape index (κ2) is 3.26. The highest BCUT2D eigenvalue weighted by molar-refractivity contribution is 9.10. The topological polar surface area (TPSA) is 41.8 Å². The molecule has 3 heteroatoms. The summed E-state index contributed by atoms with van der Waals surface area (Å²) in [6.07, 6.45) is 1.84. The number of benzene rings is 1. The zero-order valence-electron chi connectivity index (χ0n) is 6.92. The third-order valence-corrected chi connectivity index (χ3v) is 2.44. The van der Waals surface area contributed by atoms with Crippen molar-refractivity contribution in [3.05, 3.63) is 41.0 Å². The van der Waals surface area contributed by atoms with Gasteiger partial charge >= 0.3 is 0 Å². The molecule has 0 aliphatic heterocycles. The van der Waals surface area contributed by atoms with E-state index in [1.807, 2.05) is 36.5 Å². The molecule has 0 atom stereocenters. The number of nitrogens with two attached hydrogens (primary N) is 1. The number of H-pyrrole nitrogens is 1. The van der Waals surface area contributed by atoms with Crippen LogP contribution in [0.15, 0.2) is 41.0 Å². The molecule has 13 heavy (non-hydrogen) atoms. The van der Waals surface area contributed by atoms with Gasteiger partial charge in [0.2, 0.25) is 0 Å². The second-order valence-corrected chi connectivity index (χ2v) is 3.73. The second-order valence-electron chi connectivity index (χ2n) is 2.81. The van der Waals surface area contributed by atoms with E-state index in [2.05, 4.69) is 20.9 Å². The fraction of sp³-hybridized carbons (Fsp3) is 0. The van der Waals surface area contributed by atoms with Crippen LogP contribution in [0.4, 0.5) is 5.69 Å². The summed E-state index contributed by atoms with van der Waals surface area (Å²) < 4.78 is 1.07. The number of nitrogens with one attached hydrogen (secondary N) is 1. The van der Waals surface area contributed by atoms with Crippen LogP contribution in [0.3, 0.4) is 0 Å². The van der Waals surface area contributed by atoms with Crippen LogP contribution in [0.25, 0.3) is 11.3 Å². The number of rotatable bonds is 1. The van der Waals surface area contributed by atoms with E-state index in [-0.39, 0.29) is 0 Å². The Morgan fingerprint density at radius 2 is 1.77 bits per heavy atom. The Labute approximate surface area is 84.9 Å². The van der Waals surface area contributed by atoms with E-state index in [0.29, 0.717) is 0 Å². The number of hydrogen-bond donors (Lipinski definition) is 2. The predicted molar refractivity (Wildman–Crippen MR) is 58.3 cm³/mol. The van der Waals surface area contributed by atoms with Gasteiger partial charge in [-0.05, 0) is 18.2 Å². The van der Waals surface area contributed by atoms with Crippen molar-refractivity contribution in [3.8, 4) is 11.3 Å². The van der Waals surface area contributed by atoms with Gasteiger partial charge in [0.15, 0.2) is 0 Å². The van der Waals surface area contributed by atoms with Crippen molar-refractivity contribution in [2.75, 3.05) is 5.73 Å². The smallest absolute Gasteiger partial charge is 0.0687 e. The molecule has 0 spiro atoms. The van der Waals surface area contributed by atoms with E-state index in [0.717, 1.165) is 21.4 Å². The normalized spacial score (nSPS) is 10.2. The van der Waals surface area contributed by atoms with Gasteiger partial charge in [-0.15, -0.1) is 0 Å². The van der Waals surface area contributed by atoms with Gasteiger partial charge in [0.1, 0.15) is 0 Å². The number of aromatic nitrogens is 1. The molecule has 2 aromatic rings. The Morgan fingerprint density at radius 3 is 2.31 bits per heavy atom. The molecule has 3 N–H and O–H groups in total. The van der Waals surface area contributed by atoms with Crippen LogP contribution in [0, 0.1) is 0 Å². The first kappa shape index (κ1) is 8.38. The minimum absolute atomic E-state index is 0.780. The molecule has 66 valence electrons. The lowest BCUT2D eigenvalue weighted by Crippen LogP contribution is -1.85. The largest absolute Gasteiger partial charge is 0.397 e. The first-order chi connectivity index (χ1) is 6.27. The molecule has 0 fully saturated rings. The minimum atomic E-state index is 0.780. The highest BCUT2D eigenvalue weighted by Gasteiger charge is 2.01. The van der Waals surface area contributed by atoms with Gasteiger partial charge in [0.25, 0.3) is 0 Å². The molecule has 1 aromatic carbocycles. The Bertz CT molecular complexity index is 403. The van der Waals surface area contributed by atoms with E-state index >= 15 is 0 Å². The Balaban J connectivity index is 2.47. The molecule has 0 radical (unpaired) electrons. The number of aromatic amines is 1. The molecule has 0 aliphatic carbocycles. The number of nitrogen functional groups attached to an aromatic ring is 1. The maximum Gasteiger partial charge on any atom is 0.0687 e. The van der Waals surface area contributed by atoms with Crippen molar-refractivity contribution in [2.45, 2.75) is 0 Å². The molecule has 2 rings (SSSR count). The van der Waals surface area contributed by atoms with Gasteiger partial charge in [-0.3, -0.25) is 0 Å². The zero-order valence-corrected chi connectivity index (χ0v) is 8.51. The van der Waals surface area contributed by atoms with E-state index in [4.69, 9.17) is 5.73 Å². The fourth-order valence-electron chi connectivity index (χ4n) is 1.25. The molecule has 0 saturated heterocycles. The number of hydrogen-bond acceptors (Lipinski definition) is 1. The highest BCUT2D eigenvalue weighted by Crippen LogP contribution is 2.24. The van der Waals surface area contributed by atoms with Gasteiger partial charge in [-0.2, -0.15) is 0 Å². The molecule has 0 unspecified atom stereocenters. The van der Waals surface area contributed by atoms with Crippen LogP contribution in [-0.2, 0) is 0 Å². The van der Waals surface area contributed by atoms with Crippen molar-refractivity contribution in [1.82, 2.24) is 4.98 Å². The van der Waals surface area contributed by atoms with Gasteiger partial charge in [0, 0.05) is 16.2 Å². The van der Waals surface area contributed by atoms with Crippen LogP contribution < -0.4 is 5.73 Å². The van der Waals surface area contributed by atoms with E-state index in [1.54, 1.807) is 0 Å². The Hall–Kier alpha value is -1.22. The van der Waals surface area contributed by atoms with Crippen LogP contribution in [-0.4, -0.2) is 4.98 Å². The number of halogens is 1. The summed E-state index contributed by atoms with van der Waals surface area (Å²) in [5, 5.41) is 0. The SMILES string of the molecule is Nc1cc[nH]c1-c1ccc(Br)cc1. The molecule has 0 amide bonds. The van der Waals surface area contributed by atoms with E-state index < -0.39 is 0 Å². The molecule has 1 heterocycles. The average molecular weight is 237 g/mol. The van der Waals surface area contributed by atoms with Gasteiger partial charge in [-0.25, -0.2) is 0 Å².